The van der Waals surface area contributed by atoms with E-state index in [2.05, 4.69) is 11.4 Å². The minimum Gasteiger partial charge on any atom is -0.316 e. The molecule has 1 aromatic heterocycles. The van der Waals surface area contributed by atoms with Crippen molar-refractivity contribution in [3.63, 3.8) is 0 Å². The van der Waals surface area contributed by atoms with E-state index in [9.17, 15) is 10.1 Å². The van der Waals surface area contributed by atoms with Crippen molar-refractivity contribution < 1.29 is 4.79 Å². The molecule has 5 heteroatoms. The highest BCUT2D eigenvalue weighted by atomic mass is 35.5. The lowest BCUT2D eigenvalue weighted by molar-refractivity contribution is -0.113. The molecule has 3 nitrogen and oxygen atoms in total. The fourth-order valence-electron chi connectivity index (χ4n) is 2.29. The number of anilines is 1. The van der Waals surface area contributed by atoms with Gasteiger partial charge < -0.3 is 5.32 Å². The molecule has 1 N–H and O–H groups in total. The van der Waals surface area contributed by atoms with Crippen molar-refractivity contribution in [3.05, 3.63) is 16.0 Å². The van der Waals surface area contributed by atoms with Crippen LogP contribution in [-0.4, -0.2) is 11.8 Å². The SMILES string of the molecule is N#Cc1c(NC(=O)CCl)sc2c1CCCCCC2. The molecule has 2 rings (SSSR count). The van der Waals surface area contributed by atoms with E-state index in [1.807, 2.05) is 0 Å². The number of amides is 1. The van der Waals surface area contributed by atoms with E-state index in [4.69, 9.17) is 11.6 Å². The molecule has 0 spiro atoms. The van der Waals surface area contributed by atoms with Crippen LogP contribution in [-0.2, 0) is 17.6 Å². The lowest BCUT2D eigenvalue weighted by atomic mass is 9.97. The molecule has 0 aromatic carbocycles. The number of carbonyl (C=O) groups excluding carboxylic acids is 1. The van der Waals surface area contributed by atoms with Crippen LogP contribution in [0.4, 0.5) is 5.00 Å². The number of hydrogen-bond acceptors (Lipinski definition) is 3. The Bertz CT molecular complexity index is 490. The van der Waals surface area contributed by atoms with Gasteiger partial charge in [0.1, 0.15) is 17.0 Å². The molecule has 0 aliphatic heterocycles. The van der Waals surface area contributed by atoms with Crippen molar-refractivity contribution in [3.8, 4) is 6.07 Å². The van der Waals surface area contributed by atoms with E-state index in [-0.39, 0.29) is 11.8 Å². The van der Waals surface area contributed by atoms with Crippen molar-refractivity contribution in [2.45, 2.75) is 38.5 Å². The van der Waals surface area contributed by atoms with Gasteiger partial charge >= 0.3 is 0 Å². The van der Waals surface area contributed by atoms with Crippen LogP contribution in [0.15, 0.2) is 0 Å². The summed E-state index contributed by atoms with van der Waals surface area (Å²) in [6.07, 6.45) is 6.74. The predicted molar refractivity (Wildman–Crippen MR) is 74.3 cm³/mol. The number of aryl methyl sites for hydroxylation is 1. The van der Waals surface area contributed by atoms with Gasteiger partial charge in [0.25, 0.3) is 0 Å². The maximum Gasteiger partial charge on any atom is 0.239 e. The number of nitrogens with one attached hydrogen (secondary N) is 1. The van der Waals surface area contributed by atoms with E-state index < -0.39 is 0 Å². The molecule has 0 bridgehead atoms. The summed E-state index contributed by atoms with van der Waals surface area (Å²) in [6, 6.07) is 2.23. The van der Waals surface area contributed by atoms with Gasteiger partial charge in [-0.05, 0) is 31.2 Å². The number of nitrogens with zero attached hydrogens (tertiary/aromatic N) is 1. The smallest absolute Gasteiger partial charge is 0.239 e. The topological polar surface area (TPSA) is 52.9 Å². The van der Waals surface area contributed by atoms with Gasteiger partial charge in [0.15, 0.2) is 0 Å². The third kappa shape index (κ3) is 2.85. The number of hydrogen-bond donors (Lipinski definition) is 1. The van der Waals surface area contributed by atoms with Crippen molar-refractivity contribution in [2.75, 3.05) is 11.2 Å². The first kappa shape index (κ1) is 13.4. The number of alkyl halides is 1. The van der Waals surface area contributed by atoms with E-state index in [0.29, 0.717) is 10.6 Å². The lowest BCUT2D eigenvalue weighted by Crippen LogP contribution is -2.12. The molecule has 96 valence electrons. The van der Waals surface area contributed by atoms with Crippen LogP contribution in [0.1, 0.15) is 41.7 Å². The maximum absolute atomic E-state index is 11.4. The van der Waals surface area contributed by atoms with E-state index >= 15 is 0 Å². The molecule has 18 heavy (non-hydrogen) atoms. The number of carbonyl (C=O) groups is 1. The summed E-state index contributed by atoms with van der Waals surface area (Å²) >= 11 is 7.03. The number of rotatable bonds is 2. The summed E-state index contributed by atoms with van der Waals surface area (Å²) in [5.41, 5.74) is 1.79. The summed E-state index contributed by atoms with van der Waals surface area (Å²) in [5.74, 6) is -0.324. The highest BCUT2D eigenvalue weighted by molar-refractivity contribution is 7.16. The van der Waals surface area contributed by atoms with Crippen LogP contribution in [0.3, 0.4) is 0 Å². The lowest BCUT2D eigenvalue weighted by Gasteiger charge is -2.08. The van der Waals surface area contributed by atoms with Gasteiger partial charge in [-0.3, -0.25) is 4.79 Å². The van der Waals surface area contributed by atoms with E-state index in [1.54, 1.807) is 0 Å². The quantitative estimate of drug-likeness (QED) is 0.845. The normalized spacial score (nSPS) is 15.1. The molecule has 1 aliphatic carbocycles. The first-order valence-electron chi connectivity index (χ1n) is 6.16. The molecule has 1 aromatic rings. The molecular formula is C13H15ClN2OS. The summed E-state index contributed by atoms with van der Waals surface area (Å²) in [5, 5.41) is 12.7. The maximum atomic E-state index is 11.4. The summed E-state index contributed by atoms with van der Waals surface area (Å²) in [7, 11) is 0. The van der Waals surface area contributed by atoms with Crippen molar-refractivity contribution in [2.24, 2.45) is 0 Å². The summed E-state index contributed by atoms with van der Waals surface area (Å²) in [6.45, 7) is 0. The minimum absolute atomic E-state index is 0.0760. The average molecular weight is 283 g/mol. The third-order valence-corrected chi connectivity index (χ3v) is 4.61. The number of thiophene rings is 1. The van der Waals surface area contributed by atoms with Gasteiger partial charge in [-0.2, -0.15) is 5.26 Å². The Morgan fingerprint density at radius 2 is 2.06 bits per heavy atom. The van der Waals surface area contributed by atoms with Gasteiger partial charge in [-0.1, -0.05) is 12.8 Å². The second kappa shape index (κ2) is 6.21. The summed E-state index contributed by atoms with van der Waals surface area (Å²) < 4.78 is 0. The molecule has 0 atom stereocenters. The Morgan fingerprint density at radius 1 is 1.33 bits per heavy atom. The van der Waals surface area contributed by atoms with Gasteiger partial charge in [0.2, 0.25) is 5.91 Å². The molecule has 0 radical (unpaired) electrons. The van der Waals surface area contributed by atoms with Crippen molar-refractivity contribution in [1.29, 1.82) is 5.26 Å². The monoisotopic (exact) mass is 282 g/mol. The molecule has 1 amide bonds. The Morgan fingerprint density at radius 3 is 2.72 bits per heavy atom. The van der Waals surface area contributed by atoms with Crippen molar-refractivity contribution >= 4 is 33.8 Å². The highest BCUT2D eigenvalue weighted by Gasteiger charge is 2.19. The van der Waals surface area contributed by atoms with Gasteiger partial charge in [0.05, 0.1) is 5.56 Å². The number of nitriles is 1. The largest absolute Gasteiger partial charge is 0.316 e. The number of fused-ring (bicyclic) bond motifs is 1. The predicted octanol–water partition coefficient (Wildman–Crippen LogP) is 3.46. The second-order valence-electron chi connectivity index (χ2n) is 4.42. The standard InChI is InChI=1S/C13H15ClN2OS/c14-7-12(17)16-13-10(8-15)9-5-3-1-2-4-6-11(9)18-13/h1-7H2,(H,16,17). The Hall–Kier alpha value is -1.05. The van der Waals surface area contributed by atoms with Crippen LogP contribution >= 0.6 is 22.9 Å². The Labute approximate surface area is 116 Å². The van der Waals surface area contributed by atoms with E-state index in [0.717, 1.165) is 24.8 Å². The van der Waals surface area contributed by atoms with Crippen LogP contribution in [0, 0.1) is 11.3 Å². The van der Waals surface area contributed by atoms with Crippen LogP contribution < -0.4 is 5.32 Å². The average Bonchev–Trinajstić information content (AvgIpc) is 2.65. The molecule has 0 saturated carbocycles. The zero-order valence-electron chi connectivity index (χ0n) is 10.1. The van der Waals surface area contributed by atoms with Crippen LogP contribution in [0.25, 0.3) is 0 Å². The molecule has 0 fully saturated rings. The molecule has 1 heterocycles. The second-order valence-corrected chi connectivity index (χ2v) is 5.79. The highest BCUT2D eigenvalue weighted by Crippen LogP contribution is 2.36. The van der Waals surface area contributed by atoms with Gasteiger partial charge in [0, 0.05) is 4.88 Å². The van der Waals surface area contributed by atoms with Gasteiger partial charge in [-0.15, -0.1) is 22.9 Å². The van der Waals surface area contributed by atoms with E-state index in [1.165, 1.54) is 35.5 Å². The fourth-order valence-corrected chi connectivity index (χ4v) is 3.61. The molecule has 0 unspecified atom stereocenters. The zero-order valence-corrected chi connectivity index (χ0v) is 11.7. The zero-order chi connectivity index (χ0) is 13.0. The molecule has 1 aliphatic rings. The summed E-state index contributed by atoms with van der Waals surface area (Å²) in [4.78, 5) is 12.6. The fraction of sp³-hybridized carbons (Fsp3) is 0.538. The third-order valence-electron chi connectivity index (χ3n) is 3.16. The minimum atomic E-state index is -0.248. The van der Waals surface area contributed by atoms with Gasteiger partial charge in [-0.25, -0.2) is 0 Å². The molecule has 0 saturated heterocycles. The number of halogens is 1. The first-order chi connectivity index (χ1) is 8.76. The Balaban J connectivity index is 2.33. The van der Waals surface area contributed by atoms with Crippen molar-refractivity contribution in [1.82, 2.24) is 0 Å². The van der Waals surface area contributed by atoms with Crippen LogP contribution in [0.5, 0.6) is 0 Å². The first-order valence-corrected chi connectivity index (χ1v) is 7.51. The Kier molecular flexibility index (Phi) is 4.62. The van der Waals surface area contributed by atoms with Crippen LogP contribution in [0.2, 0.25) is 0 Å². The molecular weight excluding hydrogens is 268 g/mol.